The van der Waals surface area contributed by atoms with Gasteiger partial charge in [-0.25, -0.2) is 4.98 Å². The highest BCUT2D eigenvalue weighted by atomic mass is 32.1. The molecule has 0 aromatic carbocycles. The number of thiophene rings is 1. The highest BCUT2D eigenvalue weighted by Crippen LogP contribution is 2.25. The molecule has 2 aromatic heterocycles. The molecule has 0 aliphatic rings. The summed E-state index contributed by atoms with van der Waals surface area (Å²) in [6.45, 7) is 4.13. The fraction of sp³-hybridized carbons (Fsp3) is 0.333. The largest absolute Gasteiger partial charge is 0.360 e. The minimum Gasteiger partial charge on any atom is -0.360 e. The Labute approximate surface area is 104 Å². The first-order valence-electron chi connectivity index (χ1n) is 5.52. The van der Waals surface area contributed by atoms with Crippen molar-refractivity contribution in [2.75, 3.05) is 11.9 Å². The van der Waals surface area contributed by atoms with E-state index in [4.69, 9.17) is 0 Å². The van der Waals surface area contributed by atoms with Crippen molar-refractivity contribution >= 4 is 33.1 Å². The van der Waals surface area contributed by atoms with Crippen molar-refractivity contribution in [1.82, 2.24) is 10.3 Å². The van der Waals surface area contributed by atoms with E-state index in [1.165, 1.54) is 4.70 Å². The topological polar surface area (TPSA) is 54.0 Å². The highest BCUT2D eigenvalue weighted by molar-refractivity contribution is 7.17. The summed E-state index contributed by atoms with van der Waals surface area (Å²) in [5, 5.41) is 8.97. The summed E-state index contributed by atoms with van der Waals surface area (Å²) in [5.74, 6) is 0.747. The number of fused-ring (bicyclic) bond motifs is 1. The lowest BCUT2D eigenvalue weighted by molar-refractivity contribution is -0.119. The van der Waals surface area contributed by atoms with E-state index in [1.54, 1.807) is 17.5 Å². The number of amides is 1. The number of nitrogens with zero attached hydrogens (tertiary/aromatic N) is 1. The molecule has 0 unspecified atom stereocenters. The molecule has 5 heteroatoms. The Balaban J connectivity index is 2.04. The monoisotopic (exact) mass is 249 g/mol. The lowest BCUT2D eigenvalue weighted by Crippen LogP contribution is -2.34. The van der Waals surface area contributed by atoms with Gasteiger partial charge in [0.1, 0.15) is 5.82 Å². The standard InChI is InChI=1S/C12H15N3OS/c1-8(2)15-11(16)7-14-12-9-4-6-17-10(9)3-5-13-12/h3-6,8H,7H2,1-2H3,(H,13,14)(H,15,16). The van der Waals surface area contributed by atoms with Gasteiger partial charge in [0.05, 0.1) is 6.54 Å². The Morgan fingerprint density at radius 1 is 1.47 bits per heavy atom. The average Bonchev–Trinajstić information content (AvgIpc) is 2.73. The predicted octanol–water partition coefficient (Wildman–Crippen LogP) is 2.23. The highest BCUT2D eigenvalue weighted by Gasteiger charge is 2.06. The van der Waals surface area contributed by atoms with Gasteiger partial charge in [0.2, 0.25) is 5.91 Å². The van der Waals surface area contributed by atoms with Crippen LogP contribution in [0.25, 0.3) is 10.1 Å². The third-order valence-electron chi connectivity index (χ3n) is 2.25. The van der Waals surface area contributed by atoms with Crippen molar-refractivity contribution in [2.24, 2.45) is 0 Å². The molecule has 0 atom stereocenters. The van der Waals surface area contributed by atoms with Crippen LogP contribution in [0.4, 0.5) is 5.82 Å². The molecule has 2 aromatic rings. The van der Waals surface area contributed by atoms with Crippen LogP contribution in [-0.4, -0.2) is 23.5 Å². The number of nitrogens with one attached hydrogen (secondary N) is 2. The third kappa shape index (κ3) is 2.94. The quantitative estimate of drug-likeness (QED) is 0.873. The Morgan fingerprint density at radius 3 is 3.06 bits per heavy atom. The summed E-state index contributed by atoms with van der Waals surface area (Å²) >= 11 is 1.67. The van der Waals surface area contributed by atoms with Crippen LogP contribution in [0.2, 0.25) is 0 Å². The summed E-state index contributed by atoms with van der Waals surface area (Å²) in [6.07, 6.45) is 1.75. The van der Waals surface area contributed by atoms with Gasteiger partial charge in [-0.2, -0.15) is 0 Å². The SMILES string of the molecule is CC(C)NC(=O)CNc1nccc2sccc12. The molecule has 4 nitrogen and oxygen atoms in total. The van der Waals surface area contributed by atoms with E-state index in [2.05, 4.69) is 15.6 Å². The number of anilines is 1. The molecule has 0 aliphatic heterocycles. The van der Waals surface area contributed by atoms with Crippen LogP contribution >= 0.6 is 11.3 Å². The Bertz CT molecular complexity index is 521. The second-order valence-electron chi connectivity index (χ2n) is 4.07. The zero-order valence-electron chi connectivity index (χ0n) is 9.86. The zero-order chi connectivity index (χ0) is 12.3. The molecular weight excluding hydrogens is 234 g/mol. The van der Waals surface area contributed by atoms with Crippen LogP contribution in [0, 0.1) is 0 Å². The Kier molecular flexibility index (Phi) is 3.58. The summed E-state index contributed by atoms with van der Waals surface area (Å²) in [4.78, 5) is 15.7. The van der Waals surface area contributed by atoms with E-state index in [1.807, 2.05) is 31.4 Å². The van der Waals surface area contributed by atoms with Crippen molar-refractivity contribution in [1.29, 1.82) is 0 Å². The molecule has 0 bridgehead atoms. The first-order chi connectivity index (χ1) is 8.16. The minimum atomic E-state index is -0.0194. The van der Waals surface area contributed by atoms with E-state index in [0.717, 1.165) is 11.2 Å². The number of carbonyl (C=O) groups excluding carboxylic acids is 1. The first kappa shape index (κ1) is 11.9. The van der Waals surface area contributed by atoms with E-state index in [0.29, 0.717) is 0 Å². The Morgan fingerprint density at radius 2 is 2.29 bits per heavy atom. The molecule has 0 fully saturated rings. The molecule has 90 valence electrons. The molecule has 0 aliphatic carbocycles. The van der Waals surface area contributed by atoms with Crippen molar-refractivity contribution in [2.45, 2.75) is 19.9 Å². The first-order valence-corrected chi connectivity index (χ1v) is 6.40. The van der Waals surface area contributed by atoms with Crippen molar-refractivity contribution in [3.8, 4) is 0 Å². The fourth-order valence-corrected chi connectivity index (χ4v) is 2.35. The zero-order valence-corrected chi connectivity index (χ0v) is 10.7. The summed E-state index contributed by atoms with van der Waals surface area (Å²) in [7, 11) is 0. The van der Waals surface area contributed by atoms with Gasteiger partial charge < -0.3 is 10.6 Å². The van der Waals surface area contributed by atoms with Crippen LogP contribution < -0.4 is 10.6 Å². The fourth-order valence-electron chi connectivity index (χ4n) is 1.57. The van der Waals surface area contributed by atoms with Gasteiger partial charge >= 0.3 is 0 Å². The summed E-state index contributed by atoms with van der Waals surface area (Å²) < 4.78 is 1.17. The van der Waals surface area contributed by atoms with Gasteiger partial charge in [-0.05, 0) is 31.4 Å². The minimum absolute atomic E-state index is 0.0194. The van der Waals surface area contributed by atoms with Crippen molar-refractivity contribution in [3.63, 3.8) is 0 Å². The van der Waals surface area contributed by atoms with Crippen LogP contribution in [0.15, 0.2) is 23.7 Å². The van der Waals surface area contributed by atoms with Gasteiger partial charge in [-0.15, -0.1) is 11.3 Å². The molecule has 0 spiro atoms. The lowest BCUT2D eigenvalue weighted by atomic mass is 10.3. The normalized spacial score (nSPS) is 10.8. The molecule has 17 heavy (non-hydrogen) atoms. The van der Waals surface area contributed by atoms with Gasteiger partial charge in [0, 0.05) is 22.3 Å². The molecular formula is C12H15N3OS. The van der Waals surface area contributed by atoms with E-state index in [9.17, 15) is 4.79 Å². The number of carbonyl (C=O) groups is 1. The summed E-state index contributed by atoms with van der Waals surface area (Å²) in [6, 6.07) is 4.14. The van der Waals surface area contributed by atoms with Gasteiger partial charge in [0.25, 0.3) is 0 Å². The van der Waals surface area contributed by atoms with Crippen molar-refractivity contribution < 1.29 is 4.79 Å². The molecule has 0 radical (unpaired) electrons. The van der Waals surface area contributed by atoms with E-state index < -0.39 is 0 Å². The summed E-state index contributed by atoms with van der Waals surface area (Å²) in [5.41, 5.74) is 0. The second kappa shape index (κ2) is 5.14. The second-order valence-corrected chi connectivity index (χ2v) is 5.02. The van der Waals surface area contributed by atoms with Crippen molar-refractivity contribution in [3.05, 3.63) is 23.7 Å². The molecule has 2 heterocycles. The molecule has 0 saturated carbocycles. The maximum Gasteiger partial charge on any atom is 0.239 e. The third-order valence-corrected chi connectivity index (χ3v) is 3.13. The van der Waals surface area contributed by atoms with Gasteiger partial charge in [-0.1, -0.05) is 0 Å². The molecule has 1 amide bonds. The van der Waals surface area contributed by atoms with Gasteiger partial charge in [-0.3, -0.25) is 4.79 Å². The number of hydrogen-bond donors (Lipinski definition) is 2. The van der Waals surface area contributed by atoms with Gasteiger partial charge in [0.15, 0.2) is 0 Å². The van der Waals surface area contributed by atoms with Crippen LogP contribution in [0.3, 0.4) is 0 Å². The molecule has 2 N–H and O–H groups in total. The molecule has 2 rings (SSSR count). The van der Waals surface area contributed by atoms with Crippen LogP contribution in [-0.2, 0) is 4.79 Å². The molecule has 0 saturated heterocycles. The maximum absolute atomic E-state index is 11.5. The van der Waals surface area contributed by atoms with E-state index >= 15 is 0 Å². The van der Waals surface area contributed by atoms with E-state index in [-0.39, 0.29) is 18.5 Å². The smallest absolute Gasteiger partial charge is 0.239 e. The number of aromatic nitrogens is 1. The lowest BCUT2D eigenvalue weighted by Gasteiger charge is -2.10. The predicted molar refractivity (Wildman–Crippen MR) is 71.4 cm³/mol. The average molecular weight is 249 g/mol. The number of rotatable bonds is 4. The maximum atomic E-state index is 11.5. The number of hydrogen-bond acceptors (Lipinski definition) is 4. The Hall–Kier alpha value is -1.62. The number of pyridine rings is 1. The van der Waals surface area contributed by atoms with Crippen LogP contribution in [0.1, 0.15) is 13.8 Å². The van der Waals surface area contributed by atoms with Crippen LogP contribution in [0.5, 0.6) is 0 Å².